The molecule has 126 valence electrons. The summed E-state index contributed by atoms with van der Waals surface area (Å²) >= 11 is 7.48. The Morgan fingerprint density at radius 1 is 1.38 bits per heavy atom. The van der Waals surface area contributed by atoms with Crippen LogP contribution in [-0.4, -0.2) is 38.5 Å². The summed E-state index contributed by atoms with van der Waals surface area (Å²) in [6.07, 6.45) is 5.88. The van der Waals surface area contributed by atoms with Gasteiger partial charge in [-0.1, -0.05) is 23.4 Å². The molecule has 0 aliphatic carbocycles. The van der Waals surface area contributed by atoms with Gasteiger partial charge in [0.05, 0.1) is 17.1 Å². The van der Waals surface area contributed by atoms with E-state index in [0.29, 0.717) is 16.1 Å². The van der Waals surface area contributed by atoms with Gasteiger partial charge in [-0.15, -0.1) is 0 Å². The van der Waals surface area contributed by atoms with Gasteiger partial charge in [0.25, 0.3) is 0 Å². The summed E-state index contributed by atoms with van der Waals surface area (Å²) in [5, 5.41) is 2.19. The van der Waals surface area contributed by atoms with E-state index in [0.717, 1.165) is 12.1 Å². The van der Waals surface area contributed by atoms with Crippen molar-refractivity contribution < 1.29 is 0 Å². The summed E-state index contributed by atoms with van der Waals surface area (Å²) in [6.45, 7) is 2.96. The van der Waals surface area contributed by atoms with Crippen LogP contribution in [0.15, 0.2) is 35.9 Å². The van der Waals surface area contributed by atoms with Crippen LogP contribution >= 0.6 is 23.4 Å². The highest BCUT2D eigenvalue weighted by Gasteiger charge is 2.16. The lowest BCUT2D eigenvalue weighted by molar-refractivity contribution is 0.403. The zero-order valence-electron chi connectivity index (χ0n) is 13.8. The van der Waals surface area contributed by atoms with E-state index in [1.165, 1.54) is 22.7 Å². The van der Waals surface area contributed by atoms with Crippen LogP contribution in [0.2, 0.25) is 5.15 Å². The van der Waals surface area contributed by atoms with E-state index in [1.54, 1.807) is 6.07 Å². The Labute approximate surface area is 150 Å². The van der Waals surface area contributed by atoms with E-state index in [9.17, 15) is 0 Å². The van der Waals surface area contributed by atoms with E-state index in [1.807, 2.05) is 12.4 Å². The van der Waals surface area contributed by atoms with Crippen molar-refractivity contribution in [2.45, 2.75) is 24.0 Å². The molecule has 0 aliphatic heterocycles. The molecule has 0 saturated carbocycles. The Balaban J connectivity index is 1.96. The molecular weight excluding hydrogens is 344 g/mol. The average molecular weight is 363 g/mol. The molecule has 3 aromatic rings. The molecule has 0 saturated heterocycles. The Bertz CT molecular complexity index is 843. The van der Waals surface area contributed by atoms with Gasteiger partial charge in [0.15, 0.2) is 5.16 Å². The van der Waals surface area contributed by atoms with E-state index in [2.05, 4.69) is 57.7 Å². The molecule has 3 aromatic heterocycles. The van der Waals surface area contributed by atoms with Crippen molar-refractivity contribution in [1.82, 2.24) is 24.4 Å². The van der Waals surface area contributed by atoms with Crippen LogP contribution in [0.5, 0.6) is 0 Å². The molecule has 6 nitrogen and oxygen atoms in total. The third-order valence-corrected chi connectivity index (χ3v) is 4.72. The number of anilines is 1. The monoisotopic (exact) mass is 362 g/mol. The second-order valence-corrected chi connectivity index (χ2v) is 7.48. The first-order chi connectivity index (χ1) is 11.4. The first-order valence-corrected chi connectivity index (χ1v) is 8.74. The summed E-state index contributed by atoms with van der Waals surface area (Å²) in [7, 11) is 4.12. The fraction of sp³-hybridized carbons (Fsp3) is 0.312. The normalized spacial score (nSPS) is 12.9. The topological polar surface area (TPSA) is 72.9 Å². The van der Waals surface area contributed by atoms with Crippen LogP contribution in [0, 0.1) is 0 Å². The molecule has 1 atom stereocenters. The van der Waals surface area contributed by atoms with Crippen molar-refractivity contribution in [2.75, 3.05) is 19.8 Å². The van der Waals surface area contributed by atoms with E-state index in [-0.39, 0.29) is 5.37 Å². The van der Waals surface area contributed by atoms with Gasteiger partial charge in [-0.2, -0.15) is 0 Å². The molecule has 0 aromatic carbocycles. The molecule has 1 unspecified atom stereocenters. The maximum absolute atomic E-state index is 5.97. The SMILES string of the molecule is CC(Sc1nc(N)cc(Cl)n1)n1cc(CN(C)C)c2ccncc21. The zero-order valence-corrected chi connectivity index (χ0v) is 15.3. The lowest BCUT2D eigenvalue weighted by Gasteiger charge is -2.14. The number of nitrogens with two attached hydrogens (primary N) is 1. The van der Waals surface area contributed by atoms with Crippen LogP contribution in [0.25, 0.3) is 10.9 Å². The predicted molar refractivity (Wildman–Crippen MR) is 99.1 cm³/mol. The molecular formula is C16H19ClN6S. The van der Waals surface area contributed by atoms with Crippen LogP contribution < -0.4 is 5.73 Å². The van der Waals surface area contributed by atoms with Crippen molar-refractivity contribution in [3.63, 3.8) is 0 Å². The van der Waals surface area contributed by atoms with Gasteiger partial charge in [-0.05, 0) is 32.6 Å². The van der Waals surface area contributed by atoms with E-state index < -0.39 is 0 Å². The van der Waals surface area contributed by atoms with Crippen LogP contribution in [0.1, 0.15) is 17.9 Å². The second kappa shape index (κ2) is 6.96. The van der Waals surface area contributed by atoms with Crippen LogP contribution in [0.4, 0.5) is 5.82 Å². The minimum absolute atomic E-state index is 0.0745. The van der Waals surface area contributed by atoms with Gasteiger partial charge in [0.2, 0.25) is 0 Å². The Morgan fingerprint density at radius 2 is 2.17 bits per heavy atom. The molecule has 0 amide bonds. The van der Waals surface area contributed by atoms with Crippen molar-refractivity contribution in [1.29, 1.82) is 0 Å². The molecule has 0 bridgehead atoms. The van der Waals surface area contributed by atoms with Gasteiger partial charge < -0.3 is 15.2 Å². The highest BCUT2D eigenvalue weighted by Crippen LogP contribution is 2.34. The Kier molecular flexibility index (Phi) is 4.93. The van der Waals surface area contributed by atoms with Crippen LogP contribution in [-0.2, 0) is 6.54 Å². The van der Waals surface area contributed by atoms with Gasteiger partial charge in [-0.3, -0.25) is 4.98 Å². The molecule has 0 radical (unpaired) electrons. The molecule has 0 aliphatic rings. The first kappa shape index (κ1) is 17.0. The predicted octanol–water partition coefficient (Wildman–Crippen LogP) is 3.43. The van der Waals surface area contributed by atoms with E-state index in [4.69, 9.17) is 17.3 Å². The number of pyridine rings is 1. The van der Waals surface area contributed by atoms with Gasteiger partial charge in [-0.25, -0.2) is 9.97 Å². The van der Waals surface area contributed by atoms with Crippen LogP contribution in [0.3, 0.4) is 0 Å². The average Bonchev–Trinajstić information content (AvgIpc) is 2.84. The van der Waals surface area contributed by atoms with Crippen molar-refractivity contribution in [2.24, 2.45) is 0 Å². The fourth-order valence-corrected chi connectivity index (χ4v) is 3.76. The number of nitrogens with zero attached hydrogens (tertiary/aromatic N) is 5. The summed E-state index contributed by atoms with van der Waals surface area (Å²) in [5.74, 6) is 0.372. The summed E-state index contributed by atoms with van der Waals surface area (Å²) in [5.41, 5.74) is 8.10. The summed E-state index contributed by atoms with van der Waals surface area (Å²) in [4.78, 5) is 14.9. The number of aromatic nitrogens is 4. The zero-order chi connectivity index (χ0) is 17.3. The van der Waals surface area contributed by atoms with Crippen molar-refractivity contribution >= 4 is 40.1 Å². The quantitative estimate of drug-likeness (QED) is 0.426. The summed E-state index contributed by atoms with van der Waals surface area (Å²) < 4.78 is 2.19. The highest BCUT2D eigenvalue weighted by molar-refractivity contribution is 7.99. The highest BCUT2D eigenvalue weighted by atomic mass is 35.5. The number of hydrogen-bond acceptors (Lipinski definition) is 6. The third-order valence-electron chi connectivity index (χ3n) is 3.57. The fourth-order valence-electron chi connectivity index (χ4n) is 2.61. The number of rotatable bonds is 5. The lowest BCUT2D eigenvalue weighted by atomic mass is 10.2. The maximum atomic E-state index is 5.97. The first-order valence-electron chi connectivity index (χ1n) is 7.49. The molecule has 0 spiro atoms. The van der Waals surface area contributed by atoms with E-state index >= 15 is 0 Å². The van der Waals surface area contributed by atoms with Gasteiger partial charge in [0.1, 0.15) is 11.0 Å². The summed E-state index contributed by atoms with van der Waals surface area (Å²) in [6, 6.07) is 3.59. The van der Waals surface area contributed by atoms with Gasteiger partial charge in [0, 0.05) is 30.4 Å². The number of thioether (sulfide) groups is 1. The number of nitrogen functional groups attached to an aromatic ring is 1. The maximum Gasteiger partial charge on any atom is 0.192 e. The third kappa shape index (κ3) is 3.63. The minimum atomic E-state index is 0.0745. The smallest absolute Gasteiger partial charge is 0.192 e. The number of hydrogen-bond donors (Lipinski definition) is 1. The second-order valence-electron chi connectivity index (χ2n) is 5.81. The standard InChI is InChI=1S/C16H19ClN6S/c1-10(24-16-20-14(17)6-15(18)21-16)23-9-11(8-22(2)3)12-4-5-19-7-13(12)23/h4-7,9-10H,8H2,1-3H3,(H2,18,20,21). The van der Waals surface area contributed by atoms with Gasteiger partial charge >= 0.3 is 0 Å². The largest absolute Gasteiger partial charge is 0.384 e. The number of halogens is 1. The Hall–Kier alpha value is -1.83. The molecule has 3 rings (SSSR count). The Morgan fingerprint density at radius 3 is 2.88 bits per heavy atom. The molecule has 24 heavy (non-hydrogen) atoms. The lowest BCUT2D eigenvalue weighted by Crippen LogP contribution is -2.10. The molecule has 2 N–H and O–H groups in total. The van der Waals surface area contributed by atoms with Crippen molar-refractivity contribution in [3.8, 4) is 0 Å². The minimum Gasteiger partial charge on any atom is -0.384 e. The molecule has 0 fully saturated rings. The molecule has 3 heterocycles. The van der Waals surface area contributed by atoms with Crippen molar-refractivity contribution in [3.05, 3.63) is 41.4 Å². The molecule has 8 heteroatoms. The number of fused-ring (bicyclic) bond motifs is 1.